The van der Waals surface area contributed by atoms with E-state index >= 15 is 0 Å². The third kappa shape index (κ3) is 3.77. The fourth-order valence-electron chi connectivity index (χ4n) is 3.78. The molecule has 0 aliphatic carbocycles. The van der Waals surface area contributed by atoms with Gasteiger partial charge in [0.1, 0.15) is 6.54 Å². The fraction of sp³-hybridized carbons (Fsp3) is 0.400. The van der Waals surface area contributed by atoms with E-state index in [1.54, 1.807) is 24.8 Å². The first kappa shape index (κ1) is 18.8. The average Bonchev–Trinajstić information content (AvgIpc) is 3.04. The van der Waals surface area contributed by atoms with Crippen molar-refractivity contribution in [3.05, 3.63) is 63.3 Å². The molecule has 1 amide bonds. The van der Waals surface area contributed by atoms with E-state index in [2.05, 4.69) is 4.98 Å². The highest BCUT2D eigenvalue weighted by Crippen LogP contribution is 2.34. The highest BCUT2D eigenvalue weighted by molar-refractivity contribution is 5.79. The Labute approximate surface area is 157 Å². The second kappa shape index (κ2) is 7.34. The number of carbonyl (C=O) groups is 2. The smallest absolute Gasteiger partial charge is 0.348 e. The first-order valence-electron chi connectivity index (χ1n) is 8.89. The molecule has 1 aliphatic heterocycles. The standard InChI is InChI=1S/C20H23N3O4/c1-12-6-4-5-7-15(12)16-9-22(10-17(16)19(25)26)18(24)11-23-14(3)8-13(2)21-20(23)27/h4-8,16-17H,9-11H2,1-3H3,(H,25,26)/t16-,17+/m0/s1. The van der Waals surface area contributed by atoms with Crippen molar-refractivity contribution in [2.45, 2.75) is 33.2 Å². The third-order valence-corrected chi connectivity index (χ3v) is 5.22. The fourth-order valence-corrected chi connectivity index (χ4v) is 3.78. The van der Waals surface area contributed by atoms with E-state index in [1.807, 2.05) is 31.2 Å². The summed E-state index contributed by atoms with van der Waals surface area (Å²) in [6.07, 6.45) is 0. The Morgan fingerprint density at radius 1 is 1.19 bits per heavy atom. The van der Waals surface area contributed by atoms with Crippen molar-refractivity contribution in [3.8, 4) is 0 Å². The summed E-state index contributed by atoms with van der Waals surface area (Å²) in [6, 6.07) is 9.40. The molecule has 1 fully saturated rings. The Morgan fingerprint density at radius 2 is 1.89 bits per heavy atom. The minimum Gasteiger partial charge on any atom is -0.481 e. The van der Waals surface area contributed by atoms with Crippen molar-refractivity contribution < 1.29 is 14.7 Å². The molecule has 2 aromatic rings. The molecule has 0 spiro atoms. The van der Waals surface area contributed by atoms with Crippen molar-refractivity contribution >= 4 is 11.9 Å². The van der Waals surface area contributed by atoms with E-state index in [9.17, 15) is 19.5 Å². The molecule has 1 N–H and O–H groups in total. The summed E-state index contributed by atoms with van der Waals surface area (Å²) >= 11 is 0. The highest BCUT2D eigenvalue weighted by Gasteiger charge is 2.40. The maximum Gasteiger partial charge on any atom is 0.348 e. The monoisotopic (exact) mass is 369 g/mol. The Bertz CT molecular complexity index is 950. The molecular weight excluding hydrogens is 346 g/mol. The van der Waals surface area contributed by atoms with Crippen molar-refractivity contribution in [1.82, 2.24) is 14.5 Å². The molecule has 1 saturated heterocycles. The van der Waals surface area contributed by atoms with Crippen LogP contribution in [-0.2, 0) is 16.1 Å². The van der Waals surface area contributed by atoms with Crippen LogP contribution in [0.5, 0.6) is 0 Å². The summed E-state index contributed by atoms with van der Waals surface area (Å²) in [5, 5.41) is 9.64. The number of carboxylic acid groups (broad SMARTS) is 1. The lowest BCUT2D eigenvalue weighted by Crippen LogP contribution is -2.37. The molecule has 1 aromatic carbocycles. The predicted molar refractivity (Wildman–Crippen MR) is 99.6 cm³/mol. The van der Waals surface area contributed by atoms with Crippen LogP contribution in [0.3, 0.4) is 0 Å². The van der Waals surface area contributed by atoms with Gasteiger partial charge in [0.25, 0.3) is 0 Å². The number of aromatic nitrogens is 2. The maximum atomic E-state index is 12.8. The first-order valence-corrected chi connectivity index (χ1v) is 8.89. The van der Waals surface area contributed by atoms with E-state index in [0.29, 0.717) is 17.9 Å². The van der Waals surface area contributed by atoms with Crippen LogP contribution < -0.4 is 5.69 Å². The van der Waals surface area contributed by atoms with Gasteiger partial charge in [-0.15, -0.1) is 0 Å². The maximum absolute atomic E-state index is 12.8. The van der Waals surface area contributed by atoms with Crippen molar-refractivity contribution in [2.75, 3.05) is 13.1 Å². The summed E-state index contributed by atoms with van der Waals surface area (Å²) in [5.41, 5.74) is 2.76. The summed E-state index contributed by atoms with van der Waals surface area (Å²) in [5.74, 6) is -2.11. The lowest BCUT2D eigenvalue weighted by atomic mass is 9.86. The molecule has 2 heterocycles. The van der Waals surface area contributed by atoms with Gasteiger partial charge in [0.15, 0.2) is 0 Å². The second-order valence-electron chi connectivity index (χ2n) is 7.11. The van der Waals surface area contributed by atoms with Crippen LogP contribution in [0, 0.1) is 26.7 Å². The number of aliphatic carboxylic acids is 1. The van der Waals surface area contributed by atoms with E-state index in [0.717, 1.165) is 11.1 Å². The summed E-state index contributed by atoms with van der Waals surface area (Å²) in [4.78, 5) is 42.1. The molecule has 3 rings (SSSR count). The molecule has 0 bridgehead atoms. The molecule has 7 heteroatoms. The van der Waals surface area contributed by atoms with Crippen LogP contribution in [0.1, 0.15) is 28.4 Å². The van der Waals surface area contributed by atoms with Crippen LogP contribution >= 0.6 is 0 Å². The van der Waals surface area contributed by atoms with E-state index in [-0.39, 0.29) is 24.9 Å². The summed E-state index contributed by atoms with van der Waals surface area (Å²) in [6.45, 7) is 5.76. The zero-order valence-corrected chi connectivity index (χ0v) is 15.7. The Balaban J connectivity index is 1.84. The lowest BCUT2D eigenvalue weighted by Gasteiger charge is -2.19. The molecule has 1 aromatic heterocycles. The molecule has 27 heavy (non-hydrogen) atoms. The lowest BCUT2D eigenvalue weighted by molar-refractivity contribution is -0.141. The number of nitrogens with zero attached hydrogens (tertiary/aromatic N) is 3. The van der Waals surface area contributed by atoms with Gasteiger partial charge < -0.3 is 10.0 Å². The van der Waals surface area contributed by atoms with Gasteiger partial charge in [-0.3, -0.25) is 14.2 Å². The minimum atomic E-state index is -0.913. The number of rotatable bonds is 4. The van der Waals surface area contributed by atoms with Gasteiger partial charge in [-0.05, 0) is 38.0 Å². The van der Waals surface area contributed by atoms with Gasteiger partial charge in [0.05, 0.1) is 5.92 Å². The number of hydrogen-bond acceptors (Lipinski definition) is 4. The molecule has 0 unspecified atom stereocenters. The first-order chi connectivity index (χ1) is 12.8. The van der Waals surface area contributed by atoms with Crippen molar-refractivity contribution in [3.63, 3.8) is 0 Å². The number of amides is 1. The molecule has 0 radical (unpaired) electrons. The largest absolute Gasteiger partial charge is 0.481 e. The quantitative estimate of drug-likeness (QED) is 0.882. The van der Waals surface area contributed by atoms with Crippen LogP contribution in [0.2, 0.25) is 0 Å². The Morgan fingerprint density at radius 3 is 2.52 bits per heavy atom. The number of carbonyl (C=O) groups excluding carboxylic acids is 1. The Hall–Kier alpha value is -2.96. The van der Waals surface area contributed by atoms with Gasteiger partial charge in [-0.1, -0.05) is 24.3 Å². The molecule has 7 nitrogen and oxygen atoms in total. The topological polar surface area (TPSA) is 92.5 Å². The predicted octanol–water partition coefficient (Wildman–Crippen LogP) is 1.50. The zero-order chi connectivity index (χ0) is 19.7. The van der Waals surface area contributed by atoms with Crippen molar-refractivity contribution in [2.24, 2.45) is 5.92 Å². The number of benzene rings is 1. The molecule has 2 atom stereocenters. The number of aryl methyl sites for hydroxylation is 3. The van der Waals surface area contributed by atoms with Crippen LogP contribution in [0.25, 0.3) is 0 Å². The van der Waals surface area contributed by atoms with Gasteiger partial charge in [-0.25, -0.2) is 4.79 Å². The van der Waals surface area contributed by atoms with Gasteiger partial charge in [0, 0.05) is 30.4 Å². The van der Waals surface area contributed by atoms with Crippen LogP contribution in [-0.4, -0.2) is 44.5 Å². The third-order valence-electron chi connectivity index (χ3n) is 5.22. The SMILES string of the molecule is Cc1cc(C)n(CC(=O)N2C[C@@H](C(=O)O)[C@H](c3ccccc3C)C2)c(=O)n1. The van der Waals surface area contributed by atoms with Gasteiger partial charge >= 0.3 is 11.7 Å². The summed E-state index contributed by atoms with van der Waals surface area (Å²) in [7, 11) is 0. The second-order valence-corrected chi connectivity index (χ2v) is 7.11. The number of likely N-dealkylation sites (tertiary alicyclic amines) is 1. The van der Waals surface area contributed by atoms with E-state index < -0.39 is 17.6 Å². The normalized spacial score (nSPS) is 19.3. The number of hydrogen-bond donors (Lipinski definition) is 1. The van der Waals surface area contributed by atoms with E-state index in [1.165, 1.54) is 4.57 Å². The summed E-state index contributed by atoms with van der Waals surface area (Å²) < 4.78 is 1.33. The van der Waals surface area contributed by atoms with Gasteiger partial charge in [0.2, 0.25) is 5.91 Å². The molecule has 0 saturated carbocycles. The highest BCUT2D eigenvalue weighted by atomic mass is 16.4. The average molecular weight is 369 g/mol. The van der Waals surface area contributed by atoms with Gasteiger partial charge in [-0.2, -0.15) is 4.98 Å². The molecular formula is C20H23N3O4. The van der Waals surface area contributed by atoms with Crippen LogP contribution in [0.4, 0.5) is 0 Å². The molecule has 142 valence electrons. The number of carboxylic acids is 1. The Kier molecular flexibility index (Phi) is 5.12. The van der Waals surface area contributed by atoms with Crippen molar-refractivity contribution in [1.29, 1.82) is 0 Å². The molecule has 1 aliphatic rings. The van der Waals surface area contributed by atoms with Crippen LogP contribution in [0.15, 0.2) is 35.1 Å². The minimum absolute atomic E-state index is 0.134. The zero-order valence-electron chi connectivity index (χ0n) is 15.7. The van der Waals surface area contributed by atoms with E-state index in [4.69, 9.17) is 0 Å².